The second kappa shape index (κ2) is 7.56. The summed E-state index contributed by atoms with van der Waals surface area (Å²) in [7, 11) is 0. The quantitative estimate of drug-likeness (QED) is 0.751. The molecule has 0 aliphatic rings. The molecule has 0 unspecified atom stereocenters. The molecule has 0 radical (unpaired) electrons. The minimum absolute atomic E-state index is 0.0336. The number of fused-ring (bicyclic) bond motifs is 1. The molecule has 4 nitrogen and oxygen atoms in total. The number of H-pyrrole nitrogens is 1. The van der Waals surface area contributed by atoms with Gasteiger partial charge in [0.25, 0.3) is 11.5 Å². The first kappa shape index (κ1) is 17.9. The van der Waals surface area contributed by atoms with Crippen molar-refractivity contribution in [3.63, 3.8) is 0 Å². The molecule has 4 heteroatoms. The maximum atomic E-state index is 13.0. The number of aryl methyl sites for hydroxylation is 2. The van der Waals surface area contributed by atoms with Crippen LogP contribution in [0.4, 0.5) is 0 Å². The van der Waals surface area contributed by atoms with Gasteiger partial charge in [0, 0.05) is 17.7 Å². The fraction of sp³-hybridized carbons (Fsp3) is 0.273. The van der Waals surface area contributed by atoms with Crippen molar-refractivity contribution in [3.8, 4) is 0 Å². The van der Waals surface area contributed by atoms with E-state index in [1.807, 2.05) is 69.3 Å². The molecule has 26 heavy (non-hydrogen) atoms. The van der Waals surface area contributed by atoms with Gasteiger partial charge in [-0.25, -0.2) is 0 Å². The summed E-state index contributed by atoms with van der Waals surface area (Å²) in [6.45, 7) is 6.86. The fourth-order valence-electron chi connectivity index (χ4n) is 3.26. The number of nitrogens with zero attached hydrogens (tertiary/aromatic N) is 1. The maximum absolute atomic E-state index is 13.0. The van der Waals surface area contributed by atoms with E-state index in [1.165, 1.54) is 0 Å². The molecule has 3 rings (SSSR count). The van der Waals surface area contributed by atoms with Crippen molar-refractivity contribution in [3.05, 3.63) is 81.1 Å². The van der Waals surface area contributed by atoms with Gasteiger partial charge in [-0.05, 0) is 48.9 Å². The third kappa shape index (κ3) is 3.54. The van der Waals surface area contributed by atoms with Gasteiger partial charge in [0.15, 0.2) is 0 Å². The van der Waals surface area contributed by atoms with Gasteiger partial charge in [-0.15, -0.1) is 0 Å². The maximum Gasteiger partial charge on any atom is 0.254 e. The number of amides is 1. The van der Waals surface area contributed by atoms with Crippen LogP contribution in [0.1, 0.15) is 40.4 Å². The molecule has 0 saturated heterocycles. The van der Waals surface area contributed by atoms with Gasteiger partial charge in [-0.1, -0.05) is 43.3 Å². The number of hydrogen-bond donors (Lipinski definition) is 1. The van der Waals surface area contributed by atoms with Gasteiger partial charge in [-0.3, -0.25) is 9.59 Å². The van der Waals surface area contributed by atoms with Crippen LogP contribution in [-0.4, -0.2) is 22.3 Å². The monoisotopic (exact) mass is 348 g/mol. The van der Waals surface area contributed by atoms with Gasteiger partial charge in [0.2, 0.25) is 0 Å². The Balaban J connectivity index is 1.97. The minimum Gasteiger partial charge on any atom is -0.334 e. The van der Waals surface area contributed by atoms with Crippen LogP contribution in [0.5, 0.6) is 0 Å². The molecule has 2 aromatic carbocycles. The third-order valence-corrected chi connectivity index (χ3v) is 4.68. The first-order valence-corrected chi connectivity index (χ1v) is 8.97. The summed E-state index contributed by atoms with van der Waals surface area (Å²) < 4.78 is 0. The molecule has 0 fully saturated rings. The zero-order valence-electron chi connectivity index (χ0n) is 15.5. The zero-order valence-corrected chi connectivity index (χ0v) is 15.5. The lowest BCUT2D eigenvalue weighted by molar-refractivity contribution is 0.0742. The molecule has 1 N–H and O–H groups in total. The van der Waals surface area contributed by atoms with Gasteiger partial charge in [-0.2, -0.15) is 0 Å². The van der Waals surface area contributed by atoms with E-state index in [-0.39, 0.29) is 11.5 Å². The van der Waals surface area contributed by atoms with E-state index in [9.17, 15) is 9.59 Å². The fourth-order valence-corrected chi connectivity index (χ4v) is 3.26. The van der Waals surface area contributed by atoms with E-state index in [0.29, 0.717) is 24.2 Å². The van der Waals surface area contributed by atoms with Gasteiger partial charge in [0.1, 0.15) is 0 Å². The number of carbonyl (C=O) groups excluding carboxylic acids is 1. The Kier molecular flexibility index (Phi) is 5.21. The highest BCUT2D eigenvalue weighted by molar-refractivity contribution is 5.95. The van der Waals surface area contributed by atoms with Crippen molar-refractivity contribution in [1.29, 1.82) is 0 Å². The second-order valence-corrected chi connectivity index (χ2v) is 6.70. The number of aromatic amines is 1. The lowest BCUT2D eigenvalue weighted by Gasteiger charge is -2.23. The average molecular weight is 348 g/mol. The van der Waals surface area contributed by atoms with E-state index < -0.39 is 0 Å². The summed E-state index contributed by atoms with van der Waals surface area (Å²) >= 11 is 0. The van der Waals surface area contributed by atoms with Gasteiger partial charge in [0.05, 0.1) is 12.1 Å². The van der Waals surface area contributed by atoms with Gasteiger partial charge < -0.3 is 9.88 Å². The Bertz CT molecular complexity index is 1000. The van der Waals surface area contributed by atoms with Crippen molar-refractivity contribution in [1.82, 2.24) is 9.88 Å². The number of aromatic nitrogens is 1. The molecular formula is C22H24N2O2. The number of carbonyl (C=O) groups is 1. The van der Waals surface area contributed by atoms with Crippen LogP contribution in [-0.2, 0) is 6.54 Å². The third-order valence-electron chi connectivity index (χ3n) is 4.68. The van der Waals surface area contributed by atoms with Crippen LogP contribution in [0.3, 0.4) is 0 Å². The van der Waals surface area contributed by atoms with E-state index in [2.05, 4.69) is 4.98 Å². The van der Waals surface area contributed by atoms with Crippen LogP contribution in [0, 0.1) is 13.8 Å². The molecule has 0 aliphatic heterocycles. The summed E-state index contributed by atoms with van der Waals surface area (Å²) in [5, 5.41) is 0.986. The Morgan fingerprint density at radius 3 is 2.50 bits per heavy atom. The van der Waals surface area contributed by atoms with Crippen molar-refractivity contribution in [2.24, 2.45) is 0 Å². The highest BCUT2D eigenvalue weighted by Crippen LogP contribution is 2.17. The molecule has 0 aliphatic carbocycles. The van der Waals surface area contributed by atoms with Crippen LogP contribution in [0.15, 0.2) is 53.3 Å². The molecule has 1 heterocycles. The van der Waals surface area contributed by atoms with Gasteiger partial charge >= 0.3 is 0 Å². The van der Waals surface area contributed by atoms with E-state index in [4.69, 9.17) is 0 Å². The molecule has 0 saturated carbocycles. The number of benzene rings is 2. The molecule has 0 bridgehead atoms. The van der Waals surface area contributed by atoms with Crippen molar-refractivity contribution >= 4 is 16.8 Å². The Labute approximate surface area is 153 Å². The SMILES string of the molecule is CCCN(Cc1cc2cccc(C)c2[nH]c1=O)C(=O)c1ccccc1C. The predicted octanol–water partition coefficient (Wildman–Crippen LogP) is 4.20. The molecule has 3 aromatic rings. The summed E-state index contributed by atoms with van der Waals surface area (Å²) in [5.41, 5.74) is 4.00. The number of para-hydroxylation sites is 1. The molecule has 134 valence electrons. The highest BCUT2D eigenvalue weighted by Gasteiger charge is 2.18. The summed E-state index contributed by atoms with van der Waals surface area (Å²) in [6.07, 6.45) is 0.836. The summed E-state index contributed by atoms with van der Waals surface area (Å²) in [4.78, 5) is 30.3. The Hall–Kier alpha value is -2.88. The minimum atomic E-state index is -0.134. The van der Waals surface area contributed by atoms with E-state index >= 15 is 0 Å². The van der Waals surface area contributed by atoms with E-state index in [1.54, 1.807) is 4.90 Å². The van der Waals surface area contributed by atoms with Crippen molar-refractivity contribution in [2.75, 3.05) is 6.54 Å². The van der Waals surface area contributed by atoms with E-state index in [0.717, 1.165) is 28.5 Å². The molecular weight excluding hydrogens is 324 g/mol. The molecule has 0 spiro atoms. The smallest absolute Gasteiger partial charge is 0.254 e. The second-order valence-electron chi connectivity index (χ2n) is 6.70. The lowest BCUT2D eigenvalue weighted by atomic mass is 10.1. The zero-order chi connectivity index (χ0) is 18.7. The molecule has 1 amide bonds. The van der Waals surface area contributed by atoms with Crippen LogP contribution in [0.2, 0.25) is 0 Å². The topological polar surface area (TPSA) is 53.2 Å². The number of rotatable bonds is 5. The molecule has 1 aromatic heterocycles. The first-order valence-electron chi connectivity index (χ1n) is 8.97. The summed E-state index contributed by atoms with van der Waals surface area (Å²) in [6, 6.07) is 15.4. The predicted molar refractivity (Wildman–Crippen MR) is 106 cm³/mol. The number of pyridine rings is 1. The first-order chi connectivity index (χ1) is 12.5. The van der Waals surface area contributed by atoms with Crippen LogP contribution in [0.25, 0.3) is 10.9 Å². The number of nitrogens with one attached hydrogen (secondary N) is 1. The van der Waals surface area contributed by atoms with Crippen LogP contribution < -0.4 is 5.56 Å². The molecule has 0 atom stereocenters. The average Bonchev–Trinajstić information content (AvgIpc) is 2.62. The Morgan fingerprint density at radius 2 is 1.77 bits per heavy atom. The standard InChI is InChI=1S/C22H24N2O2/c1-4-12-24(22(26)19-11-6-5-8-15(19)2)14-18-13-17-10-7-9-16(3)20(17)23-21(18)25/h5-11,13H,4,12,14H2,1-3H3,(H,23,25). The lowest BCUT2D eigenvalue weighted by Crippen LogP contribution is -2.34. The number of hydrogen-bond acceptors (Lipinski definition) is 2. The van der Waals surface area contributed by atoms with Crippen LogP contribution >= 0.6 is 0 Å². The largest absolute Gasteiger partial charge is 0.334 e. The normalized spacial score (nSPS) is 10.9. The van der Waals surface area contributed by atoms with Crippen molar-refractivity contribution in [2.45, 2.75) is 33.7 Å². The Morgan fingerprint density at radius 1 is 1.04 bits per heavy atom. The highest BCUT2D eigenvalue weighted by atomic mass is 16.2. The summed E-state index contributed by atoms with van der Waals surface area (Å²) in [5.74, 6) is -0.0336. The van der Waals surface area contributed by atoms with Crippen molar-refractivity contribution < 1.29 is 4.79 Å².